The number of carboxylic acids is 1. The van der Waals surface area contributed by atoms with E-state index < -0.39 is 11.4 Å². The number of aromatic hydroxyl groups is 3. The summed E-state index contributed by atoms with van der Waals surface area (Å²) < 4.78 is 0. The molecule has 0 amide bonds. The number of rotatable bonds is 3. The zero-order valence-corrected chi connectivity index (χ0v) is 14.2. The van der Waals surface area contributed by atoms with Crippen molar-refractivity contribution < 1.29 is 25.2 Å². The smallest absolute Gasteiger partial charge is 0.318 e. The van der Waals surface area contributed by atoms with Crippen LogP contribution in [-0.4, -0.2) is 26.4 Å². The van der Waals surface area contributed by atoms with E-state index in [1.165, 1.54) is 24.3 Å². The molecular weight excluding hydrogens is 332 g/mol. The molecule has 0 aliphatic rings. The van der Waals surface area contributed by atoms with Gasteiger partial charge in [-0.3, -0.25) is 4.79 Å². The van der Waals surface area contributed by atoms with E-state index in [2.05, 4.69) is 0 Å². The van der Waals surface area contributed by atoms with Crippen LogP contribution in [0.5, 0.6) is 17.2 Å². The molecule has 134 valence electrons. The molecule has 0 fully saturated rings. The van der Waals surface area contributed by atoms with Gasteiger partial charge in [-0.05, 0) is 54.4 Å². The fourth-order valence-electron chi connectivity index (χ4n) is 2.43. The van der Waals surface area contributed by atoms with E-state index in [9.17, 15) is 20.1 Å². The van der Waals surface area contributed by atoms with Gasteiger partial charge in [0.1, 0.15) is 22.7 Å². The van der Waals surface area contributed by atoms with Crippen LogP contribution in [0.15, 0.2) is 78.9 Å². The van der Waals surface area contributed by atoms with Crippen LogP contribution in [0.1, 0.15) is 18.1 Å². The number of carbonyl (C=O) groups is 1. The third-order valence-electron chi connectivity index (χ3n) is 4.07. The van der Waals surface area contributed by atoms with Crippen molar-refractivity contribution in [1.29, 1.82) is 0 Å². The van der Waals surface area contributed by atoms with Crippen molar-refractivity contribution in [3.63, 3.8) is 0 Å². The second kappa shape index (κ2) is 8.07. The SMILES string of the molecule is CC(C(=O)O)(c1ccc(O)cc1)c1ccc(O)cc1.Oc1ccccc1. The van der Waals surface area contributed by atoms with E-state index in [0.717, 1.165) is 0 Å². The highest BCUT2D eigenvalue weighted by molar-refractivity contribution is 5.85. The number of benzene rings is 3. The van der Waals surface area contributed by atoms with Crippen molar-refractivity contribution in [2.24, 2.45) is 0 Å². The summed E-state index contributed by atoms with van der Waals surface area (Å²) in [6.45, 7) is 1.59. The summed E-state index contributed by atoms with van der Waals surface area (Å²) in [5.74, 6) is -0.504. The van der Waals surface area contributed by atoms with Gasteiger partial charge in [0.15, 0.2) is 0 Å². The Bertz CT molecular complexity index is 794. The second-order valence-corrected chi connectivity index (χ2v) is 5.86. The first kappa shape index (κ1) is 18.9. The van der Waals surface area contributed by atoms with Crippen LogP contribution in [0.25, 0.3) is 0 Å². The van der Waals surface area contributed by atoms with Crippen molar-refractivity contribution >= 4 is 5.97 Å². The molecule has 0 aliphatic heterocycles. The summed E-state index contributed by atoms with van der Waals surface area (Å²) in [6.07, 6.45) is 0. The highest BCUT2D eigenvalue weighted by atomic mass is 16.4. The van der Waals surface area contributed by atoms with Gasteiger partial charge in [0.05, 0.1) is 0 Å². The lowest BCUT2D eigenvalue weighted by Crippen LogP contribution is -2.33. The number of phenolic OH excluding ortho intramolecular Hbond substituents is 3. The highest BCUT2D eigenvalue weighted by Crippen LogP contribution is 2.34. The van der Waals surface area contributed by atoms with Crippen molar-refractivity contribution in [3.05, 3.63) is 90.0 Å². The van der Waals surface area contributed by atoms with E-state index >= 15 is 0 Å². The van der Waals surface area contributed by atoms with Gasteiger partial charge >= 0.3 is 5.97 Å². The Labute approximate surface area is 151 Å². The highest BCUT2D eigenvalue weighted by Gasteiger charge is 2.37. The lowest BCUT2D eigenvalue weighted by atomic mass is 9.76. The predicted molar refractivity (Wildman–Crippen MR) is 98.4 cm³/mol. The number of hydrogen-bond donors (Lipinski definition) is 4. The molecule has 3 aromatic rings. The number of hydrogen-bond acceptors (Lipinski definition) is 4. The predicted octanol–water partition coefficient (Wildman–Crippen LogP) is 3.88. The van der Waals surface area contributed by atoms with Crippen LogP contribution in [0.2, 0.25) is 0 Å². The Morgan fingerprint density at radius 2 is 1.00 bits per heavy atom. The Morgan fingerprint density at radius 3 is 1.27 bits per heavy atom. The molecule has 0 unspecified atom stereocenters. The lowest BCUT2D eigenvalue weighted by molar-refractivity contribution is -0.141. The molecule has 0 saturated carbocycles. The van der Waals surface area contributed by atoms with Gasteiger partial charge in [0, 0.05) is 0 Å². The Hall–Kier alpha value is -3.47. The van der Waals surface area contributed by atoms with Crippen molar-refractivity contribution in [2.75, 3.05) is 0 Å². The van der Waals surface area contributed by atoms with E-state index in [4.69, 9.17) is 5.11 Å². The molecule has 0 aliphatic carbocycles. The average Bonchev–Trinajstić information content (AvgIpc) is 2.63. The topological polar surface area (TPSA) is 98.0 Å². The normalized spacial score (nSPS) is 10.5. The molecule has 5 heteroatoms. The molecule has 0 radical (unpaired) electrons. The van der Waals surface area contributed by atoms with Gasteiger partial charge in [-0.2, -0.15) is 0 Å². The molecule has 5 nitrogen and oxygen atoms in total. The van der Waals surface area contributed by atoms with Crippen LogP contribution in [0.3, 0.4) is 0 Å². The van der Waals surface area contributed by atoms with E-state index in [0.29, 0.717) is 16.9 Å². The third kappa shape index (κ3) is 4.33. The molecule has 3 rings (SSSR count). The zero-order valence-electron chi connectivity index (χ0n) is 14.2. The summed E-state index contributed by atoms with van der Waals surface area (Å²) in [7, 11) is 0. The fraction of sp³-hybridized carbons (Fsp3) is 0.0952. The first-order valence-electron chi connectivity index (χ1n) is 7.90. The summed E-state index contributed by atoms with van der Waals surface area (Å²) in [4.78, 5) is 11.7. The largest absolute Gasteiger partial charge is 0.508 e. The van der Waals surface area contributed by atoms with Crippen molar-refractivity contribution in [1.82, 2.24) is 0 Å². The van der Waals surface area contributed by atoms with Crippen LogP contribution in [0.4, 0.5) is 0 Å². The van der Waals surface area contributed by atoms with Gasteiger partial charge in [0.25, 0.3) is 0 Å². The summed E-state index contributed by atoms with van der Waals surface area (Å²) in [6, 6.07) is 20.9. The van der Waals surface area contributed by atoms with Crippen LogP contribution in [0, 0.1) is 0 Å². The molecule has 3 aromatic carbocycles. The minimum atomic E-state index is -1.23. The van der Waals surface area contributed by atoms with E-state index in [1.54, 1.807) is 55.5 Å². The molecule has 0 aromatic heterocycles. The lowest BCUT2D eigenvalue weighted by Gasteiger charge is -2.26. The summed E-state index contributed by atoms with van der Waals surface area (Å²) >= 11 is 0. The van der Waals surface area contributed by atoms with Gasteiger partial charge < -0.3 is 20.4 Å². The molecular formula is C21H20O5. The Balaban J connectivity index is 0.000000290. The van der Waals surface area contributed by atoms with Gasteiger partial charge in [-0.25, -0.2) is 0 Å². The Kier molecular flexibility index (Phi) is 5.86. The fourth-order valence-corrected chi connectivity index (χ4v) is 2.43. The maximum Gasteiger partial charge on any atom is 0.318 e. The second-order valence-electron chi connectivity index (χ2n) is 5.86. The summed E-state index contributed by atoms with van der Waals surface area (Å²) in [5, 5.41) is 36.8. The summed E-state index contributed by atoms with van der Waals surface area (Å²) in [5.41, 5.74) is -0.117. The molecule has 0 atom stereocenters. The molecule has 0 spiro atoms. The van der Waals surface area contributed by atoms with Crippen LogP contribution in [-0.2, 0) is 10.2 Å². The number of aliphatic carboxylic acids is 1. The Morgan fingerprint density at radius 1 is 0.654 bits per heavy atom. The van der Waals surface area contributed by atoms with E-state index in [1.807, 2.05) is 6.07 Å². The number of carboxylic acid groups (broad SMARTS) is 1. The first-order valence-corrected chi connectivity index (χ1v) is 7.90. The molecule has 0 saturated heterocycles. The van der Waals surface area contributed by atoms with Crippen molar-refractivity contribution in [2.45, 2.75) is 12.3 Å². The number of para-hydroxylation sites is 1. The van der Waals surface area contributed by atoms with Gasteiger partial charge in [-0.15, -0.1) is 0 Å². The monoisotopic (exact) mass is 352 g/mol. The van der Waals surface area contributed by atoms with E-state index in [-0.39, 0.29) is 11.5 Å². The standard InChI is InChI=1S/C15H14O4.C6H6O/c1-15(14(18)19,10-2-6-12(16)7-3-10)11-4-8-13(17)9-5-11;7-6-4-2-1-3-5-6/h2-9,16-17H,1H3,(H,18,19);1-5,7H. The minimum Gasteiger partial charge on any atom is -0.508 e. The van der Waals surface area contributed by atoms with Crippen molar-refractivity contribution in [3.8, 4) is 17.2 Å². The average molecular weight is 352 g/mol. The zero-order chi connectivity index (χ0) is 19.2. The van der Waals surface area contributed by atoms with Crippen LogP contribution >= 0.6 is 0 Å². The maximum absolute atomic E-state index is 11.7. The number of phenols is 3. The molecule has 0 bridgehead atoms. The van der Waals surface area contributed by atoms with Gasteiger partial charge in [0.2, 0.25) is 0 Å². The van der Waals surface area contributed by atoms with Crippen LogP contribution < -0.4 is 0 Å². The molecule has 4 N–H and O–H groups in total. The maximum atomic E-state index is 11.7. The minimum absolute atomic E-state index is 0.0854. The third-order valence-corrected chi connectivity index (χ3v) is 4.07. The quantitative estimate of drug-likeness (QED) is 0.573. The van der Waals surface area contributed by atoms with Gasteiger partial charge in [-0.1, -0.05) is 42.5 Å². The first-order chi connectivity index (χ1) is 12.3. The molecule has 26 heavy (non-hydrogen) atoms. The molecule has 0 heterocycles.